The highest BCUT2D eigenvalue weighted by molar-refractivity contribution is 5.93. The summed E-state index contributed by atoms with van der Waals surface area (Å²) in [7, 11) is 1.58. The number of aryl methyl sites for hydroxylation is 2. The molecule has 0 saturated heterocycles. The van der Waals surface area contributed by atoms with Gasteiger partial charge in [-0.3, -0.25) is 9.59 Å². The van der Waals surface area contributed by atoms with Crippen LogP contribution >= 0.6 is 0 Å². The summed E-state index contributed by atoms with van der Waals surface area (Å²) in [5.41, 5.74) is 2.90. The van der Waals surface area contributed by atoms with Crippen LogP contribution in [0.5, 0.6) is 5.75 Å². The molecule has 1 N–H and O–H groups in total. The van der Waals surface area contributed by atoms with Gasteiger partial charge in [0.05, 0.1) is 12.8 Å². The first-order valence-electron chi connectivity index (χ1n) is 8.74. The highest BCUT2D eigenvalue weighted by Gasteiger charge is 2.16. The number of anilines is 1. The molecule has 2 aromatic rings. The van der Waals surface area contributed by atoms with Gasteiger partial charge in [0.15, 0.2) is 0 Å². The van der Waals surface area contributed by atoms with Crippen LogP contribution in [-0.2, 0) is 16.0 Å². The Labute approximate surface area is 155 Å². The third-order valence-electron chi connectivity index (χ3n) is 4.15. The fourth-order valence-corrected chi connectivity index (χ4v) is 2.76. The van der Waals surface area contributed by atoms with E-state index in [4.69, 9.17) is 4.74 Å². The van der Waals surface area contributed by atoms with Crippen LogP contribution in [-0.4, -0.2) is 32.0 Å². The van der Waals surface area contributed by atoms with Crippen molar-refractivity contribution in [1.82, 2.24) is 5.32 Å². The maximum atomic E-state index is 12.1. The summed E-state index contributed by atoms with van der Waals surface area (Å²) in [4.78, 5) is 25.7. The van der Waals surface area contributed by atoms with Gasteiger partial charge in [0.2, 0.25) is 11.8 Å². The first kappa shape index (κ1) is 19.5. The van der Waals surface area contributed by atoms with Crippen LogP contribution in [0.2, 0.25) is 0 Å². The first-order valence-corrected chi connectivity index (χ1v) is 8.74. The first-order chi connectivity index (χ1) is 12.5. The molecule has 0 aliphatic carbocycles. The predicted octanol–water partition coefficient (Wildman–Crippen LogP) is 3.11. The quantitative estimate of drug-likeness (QED) is 0.792. The number of methoxy groups -OCH3 is 1. The van der Waals surface area contributed by atoms with Crippen molar-refractivity contribution in [3.05, 3.63) is 59.7 Å². The average molecular weight is 354 g/mol. The van der Waals surface area contributed by atoms with E-state index in [0.717, 1.165) is 16.8 Å². The van der Waals surface area contributed by atoms with Gasteiger partial charge in [-0.1, -0.05) is 36.4 Å². The summed E-state index contributed by atoms with van der Waals surface area (Å²) in [5.74, 6) is 0.530. The maximum Gasteiger partial charge on any atom is 0.224 e. The number of benzene rings is 2. The van der Waals surface area contributed by atoms with Gasteiger partial charge in [-0.2, -0.15) is 0 Å². The fraction of sp³-hybridized carbons (Fsp3) is 0.333. The Morgan fingerprint density at radius 3 is 2.50 bits per heavy atom. The highest BCUT2D eigenvalue weighted by atomic mass is 16.5. The number of nitrogens with zero attached hydrogens (tertiary/aromatic N) is 1. The molecular formula is C21H26N2O3. The zero-order chi connectivity index (χ0) is 18.9. The lowest BCUT2D eigenvalue weighted by atomic mass is 10.1. The number of hydrogen-bond acceptors (Lipinski definition) is 3. The Bertz CT molecular complexity index is 744. The van der Waals surface area contributed by atoms with Gasteiger partial charge in [0, 0.05) is 26.4 Å². The van der Waals surface area contributed by atoms with Crippen LogP contribution in [0.1, 0.15) is 24.5 Å². The maximum absolute atomic E-state index is 12.1. The lowest BCUT2D eigenvalue weighted by Gasteiger charge is -2.24. The van der Waals surface area contributed by atoms with Crippen molar-refractivity contribution in [3.8, 4) is 5.75 Å². The van der Waals surface area contributed by atoms with E-state index in [2.05, 4.69) is 5.32 Å². The van der Waals surface area contributed by atoms with E-state index in [9.17, 15) is 9.59 Å². The molecule has 5 nitrogen and oxygen atoms in total. The zero-order valence-electron chi connectivity index (χ0n) is 15.6. The minimum atomic E-state index is -0.0903. The van der Waals surface area contributed by atoms with Gasteiger partial charge in [0.1, 0.15) is 5.75 Å². The summed E-state index contributed by atoms with van der Waals surface area (Å²) < 4.78 is 5.37. The van der Waals surface area contributed by atoms with Gasteiger partial charge in [-0.25, -0.2) is 0 Å². The van der Waals surface area contributed by atoms with Crippen LogP contribution in [0.4, 0.5) is 5.69 Å². The van der Waals surface area contributed by atoms with Crippen molar-refractivity contribution < 1.29 is 14.3 Å². The van der Waals surface area contributed by atoms with E-state index in [-0.39, 0.29) is 11.8 Å². The second kappa shape index (κ2) is 9.61. The summed E-state index contributed by atoms with van der Waals surface area (Å²) >= 11 is 0. The number of carbonyl (C=O) groups excluding carboxylic acids is 2. The molecule has 138 valence electrons. The van der Waals surface area contributed by atoms with Crippen LogP contribution in [0, 0.1) is 6.92 Å². The number of nitrogens with one attached hydrogen (secondary N) is 1. The molecule has 0 bridgehead atoms. The highest BCUT2D eigenvalue weighted by Crippen LogP contribution is 2.29. The Morgan fingerprint density at radius 1 is 1.12 bits per heavy atom. The zero-order valence-corrected chi connectivity index (χ0v) is 15.6. The lowest BCUT2D eigenvalue weighted by molar-refractivity contribution is -0.121. The minimum absolute atomic E-state index is 0.0198. The monoisotopic (exact) mass is 354 g/mol. The third kappa shape index (κ3) is 5.62. The molecule has 2 rings (SSSR count). The van der Waals surface area contributed by atoms with Crippen molar-refractivity contribution in [2.75, 3.05) is 25.1 Å². The molecular weight excluding hydrogens is 328 g/mol. The lowest BCUT2D eigenvalue weighted by Crippen LogP contribution is -2.37. The summed E-state index contributed by atoms with van der Waals surface area (Å²) in [6.07, 6.45) is 1.13. The number of amides is 2. The van der Waals surface area contributed by atoms with Crippen molar-refractivity contribution >= 4 is 17.5 Å². The van der Waals surface area contributed by atoms with Gasteiger partial charge < -0.3 is 15.0 Å². The Kier molecular flexibility index (Phi) is 7.21. The van der Waals surface area contributed by atoms with E-state index in [1.165, 1.54) is 6.92 Å². The van der Waals surface area contributed by atoms with Crippen LogP contribution in [0.3, 0.4) is 0 Å². The Morgan fingerprint density at radius 2 is 1.85 bits per heavy atom. The average Bonchev–Trinajstić information content (AvgIpc) is 2.64. The second-order valence-electron chi connectivity index (χ2n) is 6.18. The Hall–Kier alpha value is -2.82. The standard InChI is InChI=1S/C21H26N2O3/c1-16-9-11-20(26-3)19(15-16)23(17(2)24)14-13-22-21(25)12-10-18-7-5-4-6-8-18/h4-9,11,15H,10,12-14H2,1-3H3,(H,22,25). The van der Waals surface area contributed by atoms with E-state index < -0.39 is 0 Å². The molecule has 0 fully saturated rings. The van der Waals surface area contributed by atoms with Crippen molar-refractivity contribution in [3.63, 3.8) is 0 Å². The van der Waals surface area contributed by atoms with Gasteiger partial charge in [-0.05, 0) is 36.6 Å². The van der Waals surface area contributed by atoms with Crippen molar-refractivity contribution in [2.24, 2.45) is 0 Å². The molecule has 0 aromatic heterocycles. The van der Waals surface area contributed by atoms with Crippen LogP contribution in [0.25, 0.3) is 0 Å². The topological polar surface area (TPSA) is 58.6 Å². The smallest absolute Gasteiger partial charge is 0.224 e. The van der Waals surface area contributed by atoms with Gasteiger partial charge in [-0.15, -0.1) is 0 Å². The molecule has 0 unspecified atom stereocenters. The molecule has 2 amide bonds. The molecule has 0 radical (unpaired) electrons. The number of carbonyl (C=O) groups is 2. The summed E-state index contributed by atoms with van der Waals surface area (Å²) in [6, 6.07) is 15.6. The largest absolute Gasteiger partial charge is 0.495 e. The molecule has 2 aromatic carbocycles. The molecule has 0 aliphatic rings. The van der Waals surface area contributed by atoms with E-state index in [1.807, 2.05) is 55.5 Å². The second-order valence-corrected chi connectivity index (χ2v) is 6.18. The van der Waals surface area contributed by atoms with Gasteiger partial charge >= 0.3 is 0 Å². The van der Waals surface area contributed by atoms with Crippen LogP contribution in [0.15, 0.2) is 48.5 Å². The predicted molar refractivity (Wildman–Crippen MR) is 104 cm³/mol. The normalized spacial score (nSPS) is 10.3. The molecule has 0 spiro atoms. The van der Waals surface area contributed by atoms with E-state index in [0.29, 0.717) is 31.7 Å². The molecule has 26 heavy (non-hydrogen) atoms. The van der Waals surface area contributed by atoms with Crippen LogP contribution < -0.4 is 15.0 Å². The number of ether oxygens (including phenoxy) is 1. The molecule has 0 aliphatic heterocycles. The van der Waals surface area contributed by atoms with Gasteiger partial charge in [0.25, 0.3) is 0 Å². The number of rotatable bonds is 8. The molecule has 0 atom stereocenters. The van der Waals surface area contributed by atoms with Crippen molar-refractivity contribution in [2.45, 2.75) is 26.7 Å². The van der Waals surface area contributed by atoms with E-state index >= 15 is 0 Å². The molecule has 0 heterocycles. The SMILES string of the molecule is COc1ccc(C)cc1N(CCNC(=O)CCc1ccccc1)C(C)=O. The molecule has 5 heteroatoms. The fourth-order valence-electron chi connectivity index (χ4n) is 2.76. The van der Waals surface area contributed by atoms with Crippen molar-refractivity contribution in [1.29, 1.82) is 0 Å². The third-order valence-corrected chi connectivity index (χ3v) is 4.15. The number of hydrogen-bond donors (Lipinski definition) is 1. The minimum Gasteiger partial charge on any atom is -0.495 e. The Balaban J connectivity index is 1.90. The van der Waals surface area contributed by atoms with E-state index in [1.54, 1.807) is 12.0 Å². The summed E-state index contributed by atoms with van der Waals surface area (Å²) in [5, 5.41) is 2.89. The molecule has 0 saturated carbocycles. The summed E-state index contributed by atoms with van der Waals surface area (Å²) in [6.45, 7) is 4.27.